The van der Waals surface area contributed by atoms with E-state index >= 15 is 0 Å². The summed E-state index contributed by atoms with van der Waals surface area (Å²) in [6.45, 7) is 6.58. The van der Waals surface area contributed by atoms with Gasteiger partial charge in [0.2, 0.25) is 0 Å². The van der Waals surface area contributed by atoms with Gasteiger partial charge in [-0.05, 0) is 70.6 Å². The number of hydrogen-bond acceptors (Lipinski definition) is 6. The van der Waals surface area contributed by atoms with Crippen molar-refractivity contribution in [1.29, 1.82) is 0 Å². The molecule has 0 spiro atoms. The molecule has 0 aromatic heterocycles. The van der Waals surface area contributed by atoms with Gasteiger partial charge in [-0.1, -0.05) is 231 Å². The number of allylic oxidation sites excluding steroid dienone is 6. The molecule has 62 heavy (non-hydrogen) atoms. The summed E-state index contributed by atoms with van der Waals surface area (Å²) in [5.41, 5.74) is 0. The number of ether oxygens (including phenoxy) is 3. The van der Waals surface area contributed by atoms with Crippen molar-refractivity contribution < 1.29 is 28.6 Å². The van der Waals surface area contributed by atoms with Crippen molar-refractivity contribution in [1.82, 2.24) is 0 Å². The molecule has 1 atom stereocenters. The van der Waals surface area contributed by atoms with Crippen molar-refractivity contribution in [2.45, 2.75) is 290 Å². The van der Waals surface area contributed by atoms with Crippen molar-refractivity contribution in [2.75, 3.05) is 13.2 Å². The number of rotatable bonds is 49. The molecule has 0 saturated carbocycles. The standard InChI is InChI=1S/C56H102O6/c1-4-7-10-13-16-19-22-25-26-27-28-29-32-34-37-40-43-46-49-55(58)61-52-53(62-56(59)50-47-44-41-38-35-31-24-21-18-15-12-9-6-3)51-60-54(57)48-45-42-39-36-33-30-23-20-17-14-11-8-5-2/h12,15,21,24,26-27,53H,4-11,13-14,16-20,22-23,25,28-52H2,1-3H3/b15-12-,24-21-,27-26-. The van der Waals surface area contributed by atoms with E-state index in [9.17, 15) is 14.4 Å². The Morgan fingerprint density at radius 2 is 0.613 bits per heavy atom. The second-order valence-corrected chi connectivity index (χ2v) is 18.1. The summed E-state index contributed by atoms with van der Waals surface area (Å²) in [6, 6.07) is 0. The first-order valence-corrected chi connectivity index (χ1v) is 27.0. The van der Waals surface area contributed by atoms with Crippen LogP contribution in [0.4, 0.5) is 0 Å². The zero-order valence-electron chi connectivity index (χ0n) is 41.4. The average molecular weight is 871 g/mol. The largest absolute Gasteiger partial charge is 0.462 e. The van der Waals surface area contributed by atoms with Gasteiger partial charge in [0.05, 0.1) is 0 Å². The van der Waals surface area contributed by atoms with Gasteiger partial charge in [0.15, 0.2) is 6.10 Å². The quantitative estimate of drug-likeness (QED) is 0.0262. The molecule has 0 aromatic rings. The molecule has 0 fully saturated rings. The maximum atomic E-state index is 12.8. The first-order valence-electron chi connectivity index (χ1n) is 27.0. The SMILES string of the molecule is CCC/C=C\C/C=C\CCCCCCCC(=O)OC(COC(=O)CCCCCCCCC/C=C\CCCCCCCCC)COC(=O)CCCCCCCCCCCCCCC. The minimum atomic E-state index is -0.777. The Hall–Kier alpha value is -2.37. The predicted molar refractivity (Wildman–Crippen MR) is 266 cm³/mol. The lowest BCUT2D eigenvalue weighted by Crippen LogP contribution is -2.30. The molecule has 0 rings (SSSR count). The van der Waals surface area contributed by atoms with Crippen LogP contribution in [0.15, 0.2) is 36.5 Å². The van der Waals surface area contributed by atoms with Gasteiger partial charge in [0, 0.05) is 19.3 Å². The minimum Gasteiger partial charge on any atom is -0.462 e. The van der Waals surface area contributed by atoms with Crippen LogP contribution in [-0.4, -0.2) is 37.2 Å². The Kier molecular flexibility index (Phi) is 49.3. The molecule has 0 aliphatic carbocycles. The molecule has 0 N–H and O–H groups in total. The van der Waals surface area contributed by atoms with E-state index in [4.69, 9.17) is 14.2 Å². The van der Waals surface area contributed by atoms with E-state index in [1.165, 1.54) is 154 Å². The smallest absolute Gasteiger partial charge is 0.306 e. The highest BCUT2D eigenvalue weighted by molar-refractivity contribution is 5.71. The molecule has 0 aliphatic rings. The maximum absolute atomic E-state index is 12.8. The molecule has 362 valence electrons. The first kappa shape index (κ1) is 59.6. The van der Waals surface area contributed by atoms with Crippen LogP contribution in [0.5, 0.6) is 0 Å². The van der Waals surface area contributed by atoms with E-state index in [1.54, 1.807) is 0 Å². The van der Waals surface area contributed by atoms with Crippen LogP contribution in [0.2, 0.25) is 0 Å². The predicted octanol–water partition coefficient (Wildman–Crippen LogP) is 17.7. The van der Waals surface area contributed by atoms with Crippen molar-refractivity contribution in [3.63, 3.8) is 0 Å². The van der Waals surface area contributed by atoms with E-state index in [-0.39, 0.29) is 31.1 Å². The molecular formula is C56H102O6. The lowest BCUT2D eigenvalue weighted by molar-refractivity contribution is -0.167. The lowest BCUT2D eigenvalue weighted by Gasteiger charge is -2.18. The molecule has 0 amide bonds. The molecule has 6 heteroatoms. The molecule has 0 radical (unpaired) electrons. The molecule has 0 saturated heterocycles. The van der Waals surface area contributed by atoms with Crippen LogP contribution in [0.1, 0.15) is 284 Å². The average Bonchev–Trinajstić information content (AvgIpc) is 3.27. The van der Waals surface area contributed by atoms with Gasteiger partial charge in [-0.3, -0.25) is 14.4 Å². The van der Waals surface area contributed by atoms with Gasteiger partial charge >= 0.3 is 17.9 Å². The molecule has 0 aliphatic heterocycles. The third-order valence-corrected chi connectivity index (χ3v) is 11.8. The monoisotopic (exact) mass is 871 g/mol. The van der Waals surface area contributed by atoms with Crippen molar-refractivity contribution in [3.05, 3.63) is 36.5 Å². The Morgan fingerprint density at radius 3 is 0.968 bits per heavy atom. The first-order chi connectivity index (χ1) is 30.5. The molecule has 0 aromatic carbocycles. The second-order valence-electron chi connectivity index (χ2n) is 18.1. The van der Waals surface area contributed by atoms with E-state index in [1.807, 2.05) is 0 Å². The van der Waals surface area contributed by atoms with E-state index in [0.717, 1.165) is 89.9 Å². The van der Waals surface area contributed by atoms with Crippen LogP contribution in [0.3, 0.4) is 0 Å². The molecule has 0 bridgehead atoms. The van der Waals surface area contributed by atoms with Gasteiger partial charge in [-0.15, -0.1) is 0 Å². The zero-order valence-corrected chi connectivity index (χ0v) is 41.4. The summed E-state index contributed by atoms with van der Waals surface area (Å²) in [5, 5.41) is 0. The van der Waals surface area contributed by atoms with E-state index in [0.29, 0.717) is 19.3 Å². The zero-order chi connectivity index (χ0) is 45.1. The number of unbranched alkanes of at least 4 members (excludes halogenated alkanes) is 32. The highest BCUT2D eigenvalue weighted by Gasteiger charge is 2.19. The molecular weight excluding hydrogens is 769 g/mol. The summed E-state index contributed by atoms with van der Waals surface area (Å²) in [5.74, 6) is -0.883. The third-order valence-electron chi connectivity index (χ3n) is 11.8. The van der Waals surface area contributed by atoms with Crippen LogP contribution < -0.4 is 0 Å². The highest BCUT2D eigenvalue weighted by Crippen LogP contribution is 2.16. The summed E-state index contributed by atoms with van der Waals surface area (Å²) in [7, 11) is 0. The number of carbonyl (C=O) groups is 3. The van der Waals surface area contributed by atoms with Gasteiger partial charge in [-0.25, -0.2) is 0 Å². The van der Waals surface area contributed by atoms with E-state index < -0.39 is 6.10 Å². The van der Waals surface area contributed by atoms with E-state index in [2.05, 4.69) is 57.2 Å². The van der Waals surface area contributed by atoms with Gasteiger partial charge in [-0.2, -0.15) is 0 Å². The number of esters is 3. The summed E-state index contributed by atoms with van der Waals surface area (Å²) in [6.07, 6.45) is 59.8. The van der Waals surface area contributed by atoms with Gasteiger partial charge in [0.25, 0.3) is 0 Å². The summed E-state index contributed by atoms with van der Waals surface area (Å²) >= 11 is 0. The van der Waals surface area contributed by atoms with Crippen molar-refractivity contribution in [2.24, 2.45) is 0 Å². The number of hydrogen-bond donors (Lipinski definition) is 0. The Morgan fingerprint density at radius 1 is 0.323 bits per heavy atom. The Balaban J connectivity index is 4.34. The van der Waals surface area contributed by atoms with Crippen LogP contribution in [0, 0.1) is 0 Å². The molecule has 1 unspecified atom stereocenters. The Labute approximate surface area is 385 Å². The second kappa shape index (κ2) is 51.3. The van der Waals surface area contributed by atoms with Gasteiger partial charge in [0.1, 0.15) is 13.2 Å². The summed E-state index contributed by atoms with van der Waals surface area (Å²) < 4.78 is 16.8. The third kappa shape index (κ3) is 48.7. The van der Waals surface area contributed by atoms with Crippen LogP contribution in [0.25, 0.3) is 0 Å². The fourth-order valence-corrected chi connectivity index (χ4v) is 7.77. The van der Waals surface area contributed by atoms with Crippen LogP contribution >= 0.6 is 0 Å². The van der Waals surface area contributed by atoms with Gasteiger partial charge < -0.3 is 14.2 Å². The topological polar surface area (TPSA) is 78.9 Å². The lowest BCUT2D eigenvalue weighted by atomic mass is 10.0. The fraction of sp³-hybridized carbons (Fsp3) is 0.839. The normalized spacial score (nSPS) is 12.2. The maximum Gasteiger partial charge on any atom is 0.306 e. The van der Waals surface area contributed by atoms with Crippen LogP contribution in [-0.2, 0) is 28.6 Å². The van der Waals surface area contributed by atoms with Crippen molar-refractivity contribution in [3.8, 4) is 0 Å². The minimum absolute atomic E-state index is 0.0762. The molecule has 6 nitrogen and oxygen atoms in total. The Bertz CT molecular complexity index is 1050. The highest BCUT2D eigenvalue weighted by atomic mass is 16.6. The number of carbonyl (C=O) groups excluding carboxylic acids is 3. The van der Waals surface area contributed by atoms with Crippen molar-refractivity contribution >= 4 is 17.9 Å². The fourth-order valence-electron chi connectivity index (χ4n) is 7.77. The summed E-state index contributed by atoms with van der Waals surface area (Å²) in [4.78, 5) is 38.0. The molecule has 0 heterocycles.